The first-order chi connectivity index (χ1) is 4.75. The van der Waals surface area contributed by atoms with Crippen LogP contribution in [0.1, 0.15) is 0 Å². The van der Waals surface area contributed by atoms with Crippen molar-refractivity contribution >= 4 is 5.95 Å². The van der Waals surface area contributed by atoms with Crippen molar-refractivity contribution in [2.24, 2.45) is 19.2 Å². The van der Waals surface area contributed by atoms with Gasteiger partial charge in [0.25, 0.3) is 5.95 Å². The molecule has 0 N–H and O–H groups in total. The van der Waals surface area contributed by atoms with Crippen LogP contribution in [0.15, 0.2) is 17.5 Å². The molecule has 0 saturated carbocycles. The first kappa shape index (κ1) is 6.64. The lowest BCUT2D eigenvalue weighted by Gasteiger charge is -1.88. The molecule has 0 spiro atoms. The van der Waals surface area contributed by atoms with Gasteiger partial charge in [0.2, 0.25) is 0 Å². The third kappa shape index (κ3) is 0.942. The summed E-state index contributed by atoms with van der Waals surface area (Å²) in [5, 5.41) is 3.47. The molecule has 0 atom stereocenters. The van der Waals surface area contributed by atoms with E-state index in [-0.39, 0.29) is 0 Å². The van der Waals surface area contributed by atoms with E-state index in [0.717, 1.165) is 0 Å². The summed E-state index contributed by atoms with van der Waals surface area (Å²) in [5.74, 6) is 0.600. The molecule has 0 amide bonds. The maximum atomic E-state index is 8.12. The molecule has 1 aromatic rings. The van der Waals surface area contributed by atoms with Gasteiger partial charge in [0.1, 0.15) is 0 Å². The number of hydrogen-bond donors (Lipinski definition) is 0. The average Bonchev–Trinajstić information content (AvgIpc) is 2.20. The van der Waals surface area contributed by atoms with Gasteiger partial charge < -0.3 is 0 Å². The molecule has 0 bridgehead atoms. The Morgan fingerprint density at radius 1 is 1.80 bits per heavy atom. The van der Waals surface area contributed by atoms with Gasteiger partial charge in [-0.1, -0.05) is 0 Å². The van der Waals surface area contributed by atoms with Crippen LogP contribution in [0, 0.1) is 0 Å². The Labute approximate surface area is 58.1 Å². The number of nitrogens with zero attached hydrogens (tertiary/aromatic N) is 5. The summed E-state index contributed by atoms with van der Waals surface area (Å²) in [7, 11) is 3.65. The fourth-order valence-electron chi connectivity index (χ4n) is 0.763. The average molecular weight is 138 g/mol. The molecular formula is C5H8N5+. The smallest absolute Gasteiger partial charge is 0.264 e. The van der Waals surface area contributed by atoms with E-state index in [1.807, 2.05) is 26.5 Å². The maximum Gasteiger partial charge on any atom is 0.291 e. The lowest BCUT2D eigenvalue weighted by Crippen LogP contribution is -2.25. The molecule has 1 aromatic heterocycles. The summed E-state index contributed by atoms with van der Waals surface area (Å²) in [6.07, 6.45) is 3.65. The highest BCUT2D eigenvalue weighted by Crippen LogP contribution is 2.01. The van der Waals surface area contributed by atoms with E-state index in [1.165, 1.54) is 0 Å². The van der Waals surface area contributed by atoms with Crippen molar-refractivity contribution in [1.82, 2.24) is 4.57 Å². The standard InChI is InChI=1S/C5H8N5/c1-9-3-4-10(2)5(9)7-8-6/h3-4H,1-2H3/q+1. The number of hydrogen-bond acceptors (Lipinski definition) is 1. The molecule has 0 aliphatic carbocycles. The topological polar surface area (TPSA) is 57.6 Å². The minimum atomic E-state index is 0.600. The molecule has 0 fully saturated rings. The molecular weight excluding hydrogens is 130 g/mol. The number of azide groups is 1. The molecule has 10 heavy (non-hydrogen) atoms. The second-order valence-corrected chi connectivity index (χ2v) is 2.01. The van der Waals surface area contributed by atoms with Crippen molar-refractivity contribution in [1.29, 1.82) is 0 Å². The third-order valence-corrected chi connectivity index (χ3v) is 1.28. The molecule has 0 aromatic carbocycles. The highest BCUT2D eigenvalue weighted by atomic mass is 15.3. The number of aromatic nitrogens is 2. The first-order valence-electron chi connectivity index (χ1n) is 2.81. The predicted octanol–water partition coefficient (Wildman–Crippen LogP) is 0.791. The Balaban J connectivity index is 3.22. The minimum absolute atomic E-state index is 0.600. The fraction of sp³-hybridized carbons (Fsp3) is 0.400. The van der Waals surface area contributed by atoms with Crippen LogP contribution in [0.4, 0.5) is 5.95 Å². The zero-order valence-corrected chi connectivity index (χ0v) is 5.89. The van der Waals surface area contributed by atoms with E-state index in [0.29, 0.717) is 5.95 Å². The molecule has 1 rings (SSSR count). The highest BCUT2D eigenvalue weighted by molar-refractivity contribution is 5.06. The van der Waals surface area contributed by atoms with Crippen molar-refractivity contribution in [2.45, 2.75) is 0 Å². The summed E-state index contributed by atoms with van der Waals surface area (Å²) in [6, 6.07) is 0. The lowest BCUT2D eigenvalue weighted by molar-refractivity contribution is -0.657. The van der Waals surface area contributed by atoms with E-state index < -0.39 is 0 Å². The van der Waals surface area contributed by atoms with Gasteiger partial charge in [0.15, 0.2) is 0 Å². The normalized spacial score (nSPS) is 9.00. The van der Waals surface area contributed by atoms with E-state index in [2.05, 4.69) is 10.0 Å². The minimum Gasteiger partial charge on any atom is -0.264 e. The lowest BCUT2D eigenvalue weighted by atomic mass is 10.9. The summed E-state index contributed by atoms with van der Waals surface area (Å²) < 4.78 is 3.50. The van der Waals surface area contributed by atoms with Crippen LogP contribution in [0.25, 0.3) is 10.4 Å². The molecule has 0 saturated heterocycles. The largest absolute Gasteiger partial charge is 0.291 e. The van der Waals surface area contributed by atoms with Gasteiger partial charge in [-0.05, 0) is 5.53 Å². The predicted molar refractivity (Wildman–Crippen MR) is 35.4 cm³/mol. The Hall–Kier alpha value is -1.48. The fourth-order valence-corrected chi connectivity index (χ4v) is 0.763. The molecule has 52 valence electrons. The summed E-state index contributed by atoms with van der Waals surface area (Å²) >= 11 is 0. The Kier molecular flexibility index (Phi) is 1.60. The Morgan fingerprint density at radius 3 is 2.90 bits per heavy atom. The first-order valence-corrected chi connectivity index (χ1v) is 2.81. The Morgan fingerprint density at radius 2 is 2.50 bits per heavy atom. The van der Waals surface area contributed by atoms with Gasteiger partial charge in [-0.2, -0.15) is 0 Å². The molecule has 1 heterocycles. The van der Waals surface area contributed by atoms with Gasteiger partial charge in [-0.15, -0.1) is 0 Å². The monoisotopic (exact) mass is 138 g/mol. The zero-order chi connectivity index (χ0) is 7.56. The van der Waals surface area contributed by atoms with Crippen LogP contribution in [-0.4, -0.2) is 4.57 Å². The molecule has 5 nitrogen and oxygen atoms in total. The third-order valence-electron chi connectivity index (χ3n) is 1.28. The van der Waals surface area contributed by atoms with Crippen LogP contribution in [0.2, 0.25) is 0 Å². The van der Waals surface area contributed by atoms with Gasteiger partial charge in [-0.25, -0.2) is 0 Å². The molecule has 0 aliphatic heterocycles. The second kappa shape index (κ2) is 2.41. The SMILES string of the molecule is Cn1cc[n+](C)c1N=[N+]=[N-]. The summed E-state index contributed by atoms with van der Waals surface area (Å²) in [6.45, 7) is 0. The van der Waals surface area contributed by atoms with Gasteiger partial charge in [0.05, 0.1) is 26.5 Å². The van der Waals surface area contributed by atoms with Crippen molar-refractivity contribution in [2.75, 3.05) is 0 Å². The highest BCUT2D eigenvalue weighted by Gasteiger charge is 2.02. The van der Waals surface area contributed by atoms with E-state index in [9.17, 15) is 0 Å². The van der Waals surface area contributed by atoms with Crippen LogP contribution in [-0.2, 0) is 14.1 Å². The van der Waals surface area contributed by atoms with E-state index in [1.54, 1.807) is 9.13 Å². The molecule has 0 unspecified atom stereocenters. The second-order valence-electron chi connectivity index (χ2n) is 2.01. The quantitative estimate of drug-likeness (QED) is 0.238. The van der Waals surface area contributed by atoms with Gasteiger partial charge in [-0.3, -0.25) is 9.13 Å². The van der Waals surface area contributed by atoms with E-state index in [4.69, 9.17) is 5.53 Å². The number of aryl methyl sites for hydroxylation is 2. The van der Waals surface area contributed by atoms with Crippen LogP contribution in [0.5, 0.6) is 0 Å². The number of rotatable bonds is 1. The van der Waals surface area contributed by atoms with Gasteiger partial charge in [0, 0.05) is 10.0 Å². The van der Waals surface area contributed by atoms with Gasteiger partial charge >= 0.3 is 0 Å². The number of imidazole rings is 1. The maximum absolute atomic E-state index is 8.12. The molecule has 0 radical (unpaired) electrons. The van der Waals surface area contributed by atoms with Crippen LogP contribution < -0.4 is 4.57 Å². The van der Waals surface area contributed by atoms with Crippen molar-refractivity contribution in [3.05, 3.63) is 22.8 Å². The molecule has 0 aliphatic rings. The molecule has 5 heteroatoms. The van der Waals surface area contributed by atoms with Crippen molar-refractivity contribution in [3.8, 4) is 0 Å². The Bertz CT molecular complexity index is 261. The van der Waals surface area contributed by atoms with E-state index >= 15 is 0 Å². The summed E-state index contributed by atoms with van der Waals surface area (Å²) in [4.78, 5) is 2.68. The zero-order valence-electron chi connectivity index (χ0n) is 5.89. The van der Waals surface area contributed by atoms with Crippen LogP contribution >= 0.6 is 0 Å². The van der Waals surface area contributed by atoms with Crippen LogP contribution in [0.3, 0.4) is 0 Å². The van der Waals surface area contributed by atoms with Crippen molar-refractivity contribution < 1.29 is 4.57 Å². The van der Waals surface area contributed by atoms with Crippen molar-refractivity contribution in [3.63, 3.8) is 0 Å². The summed E-state index contributed by atoms with van der Waals surface area (Å²) in [5.41, 5.74) is 8.12.